The molecule has 2 amide bonds. The van der Waals surface area contributed by atoms with Crippen LogP contribution in [0.1, 0.15) is 185 Å². The van der Waals surface area contributed by atoms with Crippen molar-refractivity contribution in [3.8, 4) is 0 Å². The lowest BCUT2D eigenvalue weighted by molar-refractivity contribution is -0.158. The lowest BCUT2D eigenvalue weighted by atomic mass is 9.84. The third-order valence-electron chi connectivity index (χ3n) is 10.5. The number of rotatable bonds is 20. The van der Waals surface area contributed by atoms with Crippen molar-refractivity contribution < 1.29 is 48.1 Å². The normalized spacial score (nSPS) is 17.6. The summed E-state index contributed by atoms with van der Waals surface area (Å²) >= 11 is 0. The van der Waals surface area contributed by atoms with Crippen LogP contribution < -0.4 is 10.6 Å². The Hall–Kier alpha value is -3.15. The van der Waals surface area contributed by atoms with E-state index in [9.17, 15) is 38.7 Å². The number of amides is 2. The van der Waals surface area contributed by atoms with Gasteiger partial charge in [0, 0.05) is 11.8 Å². The molecule has 2 fully saturated rings. The van der Waals surface area contributed by atoms with Gasteiger partial charge in [-0.25, -0.2) is 0 Å². The molecule has 2 unspecified atom stereocenters. The molecule has 0 radical (unpaired) electrons. The van der Waals surface area contributed by atoms with Gasteiger partial charge >= 0.3 is 11.9 Å². The van der Waals surface area contributed by atoms with Crippen molar-refractivity contribution in [1.82, 2.24) is 10.6 Å². The summed E-state index contributed by atoms with van der Waals surface area (Å²) in [6, 6.07) is -2.10. The molecule has 0 aromatic heterocycles. The number of aliphatic hydroxyl groups excluding tert-OH is 1. The van der Waals surface area contributed by atoms with E-state index in [0.717, 1.165) is 25.7 Å². The SMILES string of the molecule is CC(=O)C(NC(=O)[C@H](CCCC1CCCCC1)CC(=O)OC(C)(C)C)C(C)=O.CC(=O)C(NC(=O)[C@H](CCCC1CCCCC1)CC(=O)OC(C)(C)C)C(C)O. The van der Waals surface area contributed by atoms with Gasteiger partial charge in [-0.1, -0.05) is 89.9 Å². The van der Waals surface area contributed by atoms with E-state index in [1.54, 1.807) is 41.5 Å². The van der Waals surface area contributed by atoms with Gasteiger partial charge in [0.1, 0.15) is 23.3 Å². The number of hydrogen-bond donors (Lipinski definition) is 3. The first kappa shape index (κ1) is 50.9. The molecule has 4 atom stereocenters. The molecule has 0 heterocycles. The minimum atomic E-state index is -1.15. The van der Waals surface area contributed by atoms with Crippen molar-refractivity contribution in [2.45, 2.75) is 214 Å². The second-order valence-electron chi connectivity index (χ2n) is 18.3. The van der Waals surface area contributed by atoms with E-state index < -0.39 is 70.6 Å². The maximum absolute atomic E-state index is 12.8. The summed E-state index contributed by atoms with van der Waals surface area (Å²) in [5.41, 5.74) is -1.23. The highest BCUT2D eigenvalue weighted by Gasteiger charge is 2.31. The van der Waals surface area contributed by atoms with Crippen LogP contribution in [0, 0.1) is 23.7 Å². The quantitative estimate of drug-likeness (QED) is 0.0837. The van der Waals surface area contributed by atoms with Gasteiger partial charge in [-0.15, -0.1) is 0 Å². The Morgan fingerprint density at radius 3 is 1.25 bits per heavy atom. The number of ether oxygens (including phenoxy) is 2. The molecule has 0 aliphatic heterocycles. The van der Waals surface area contributed by atoms with Crippen molar-refractivity contribution in [2.75, 3.05) is 0 Å². The first-order valence-corrected chi connectivity index (χ1v) is 21.2. The molecule has 0 bridgehead atoms. The topological polar surface area (TPSA) is 182 Å². The molecule has 0 spiro atoms. The van der Waals surface area contributed by atoms with Crippen molar-refractivity contribution in [3.05, 3.63) is 0 Å². The Labute approximate surface area is 337 Å². The van der Waals surface area contributed by atoms with Crippen molar-refractivity contribution in [2.24, 2.45) is 23.7 Å². The van der Waals surface area contributed by atoms with E-state index in [-0.39, 0.29) is 24.5 Å². The zero-order valence-corrected chi connectivity index (χ0v) is 36.4. The zero-order chi connectivity index (χ0) is 42.6. The molecule has 2 rings (SSSR count). The molecule has 3 N–H and O–H groups in total. The number of hydrogen-bond acceptors (Lipinski definition) is 10. The molecule has 2 aliphatic rings. The Morgan fingerprint density at radius 1 is 0.589 bits per heavy atom. The van der Waals surface area contributed by atoms with Crippen LogP contribution in [-0.2, 0) is 43.0 Å². The fourth-order valence-electron chi connectivity index (χ4n) is 7.66. The van der Waals surface area contributed by atoms with Crippen LogP contribution >= 0.6 is 0 Å². The summed E-state index contributed by atoms with van der Waals surface area (Å²) in [7, 11) is 0. The van der Waals surface area contributed by atoms with Gasteiger partial charge in [0.05, 0.1) is 18.9 Å². The zero-order valence-electron chi connectivity index (χ0n) is 36.4. The minimum absolute atomic E-state index is 0.0157. The van der Waals surface area contributed by atoms with E-state index >= 15 is 0 Å². The highest BCUT2D eigenvalue weighted by molar-refractivity contribution is 6.07. The standard InChI is InChI=1S/C22H39NO5.C22H37NO5/c2*1-15(24)20(16(2)25)23-21(27)18(14-19(26)28-22(3,4)5)13-9-12-17-10-7-6-8-11-17/h15,17-18,20,24H,6-14H2,1-5H3,(H,23,27);17-18,20H,6-14H2,1-5H3,(H,23,27)/t15?,18-,20?;18-/m11/s1. The van der Waals surface area contributed by atoms with Gasteiger partial charge in [0.2, 0.25) is 11.8 Å². The highest BCUT2D eigenvalue weighted by Crippen LogP contribution is 2.30. The minimum Gasteiger partial charge on any atom is -0.460 e. The van der Waals surface area contributed by atoms with Gasteiger partial charge in [-0.3, -0.25) is 33.6 Å². The highest BCUT2D eigenvalue weighted by atomic mass is 16.6. The van der Waals surface area contributed by atoms with Crippen LogP contribution in [0.5, 0.6) is 0 Å². The molecule has 2 aliphatic carbocycles. The van der Waals surface area contributed by atoms with Gasteiger partial charge in [-0.2, -0.15) is 0 Å². The largest absolute Gasteiger partial charge is 0.460 e. The summed E-state index contributed by atoms with van der Waals surface area (Å²) in [5, 5.41) is 14.9. The summed E-state index contributed by atoms with van der Waals surface area (Å²) in [6.07, 6.45) is 16.6. The Kier molecular flexibility index (Phi) is 22.9. The second kappa shape index (κ2) is 25.3. The van der Waals surface area contributed by atoms with Crippen LogP contribution in [0.15, 0.2) is 0 Å². The summed E-state index contributed by atoms with van der Waals surface area (Å²) in [4.78, 5) is 85.0. The number of carbonyl (C=O) groups is 7. The molecule has 12 nitrogen and oxygen atoms in total. The number of Topliss-reactive ketones (excluding diaryl/α,β-unsaturated/α-hetero) is 3. The number of carbonyl (C=O) groups excluding carboxylic acids is 7. The molecule has 322 valence electrons. The van der Waals surface area contributed by atoms with Gasteiger partial charge < -0.3 is 25.2 Å². The third kappa shape index (κ3) is 22.6. The second-order valence-corrected chi connectivity index (χ2v) is 18.3. The lowest BCUT2D eigenvalue weighted by Crippen LogP contribution is -2.49. The van der Waals surface area contributed by atoms with Gasteiger partial charge in [0.25, 0.3) is 0 Å². The molecule has 0 aromatic rings. The van der Waals surface area contributed by atoms with E-state index in [1.807, 2.05) is 0 Å². The van der Waals surface area contributed by atoms with Crippen LogP contribution in [0.25, 0.3) is 0 Å². The van der Waals surface area contributed by atoms with Crippen molar-refractivity contribution in [1.29, 1.82) is 0 Å². The van der Waals surface area contributed by atoms with E-state index in [0.29, 0.717) is 24.7 Å². The Balaban J connectivity index is 0.000000560. The fraction of sp³-hybridized carbons (Fsp3) is 0.841. The molecular weight excluding hydrogens is 716 g/mol. The fourth-order valence-corrected chi connectivity index (χ4v) is 7.66. The molecule has 2 saturated carbocycles. The van der Waals surface area contributed by atoms with Gasteiger partial charge in [0.15, 0.2) is 17.3 Å². The molecule has 12 heteroatoms. The summed E-state index contributed by atoms with van der Waals surface area (Å²) < 4.78 is 10.7. The molecule has 56 heavy (non-hydrogen) atoms. The number of ketones is 3. The average molecular weight is 793 g/mol. The first-order valence-electron chi connectivity index (χ1n) is 21.2. The maximum Gasteiger partial charge on any atom is 0.307 e. The van der Waals surface area contributed by atoms with Crippen LogP contribution in [0.3, 0.4) is 0 Å². The van der Waals surface area contributed by atoms with Crippen molar-refractivity contribution >= 4 is 41.1 Å². The average Bonchev–Trinajstić information content (AvgIpc) is 3.07. The number of nitrogens with one attached hydrogen (secondary N) is 2. The maximum atomic E-state index is 12.8. The Morgan fingerprint density at radius 2 is 0.946 bits per heavy atom. The first-order chi connectivity index (χ1) is 26.0. The molecular formula is C44H76N2O10. The smallest absolute Gasteiger partial charge is 0.307 e. The van der Waals surface area contributed by atoms with E-state index in [2.05, 4.69) is 10.6 Å². The predicted octanol–water partition coefficient (Wildman–Crippen LogP) is 7.29. The third-order valence-corrected chi connectivity index (χ3v) is 10.5. The molecule has 0 saturated heterocycles. The Bertz CT molecular complexity index is 1260. The summed E-state index contributed by atoms with van der Waals surface area (Å²) in [5.74, 6) is -2.50. The number of esters is 2. The van der Waals surface area contributed by atoms with Crippen LogP contribution in [-0.4, -0.2) is 75.6 Å². The van der Waals surface area contributed by atoms with Crippen LogP contribution in [0.2, 0.25) is 0 Å². The lowest BCUT2D eigenvalue weighted by Gasteiger charge is -2.25. The predicted molar refractivity (Wildman–Crippen MR) is 216 cm³/mol. The van der Waals surface area contributed by atoms with Gasteiger partial charge in [-0.05, 0) is 93.9 Å². The van der Waals surface area contributed by atoms with E-state index in [4.69, 9.17) is 9.47 Å². The van der Waals surface area contributed by atoms with E-state index in [1.165, 1.54) is 91.9 Å². The summed E-state index contributed by atoms with van der Waals surface area (Å²) in [6.45, 7) is 16.1. The molecule has 0 aromatic carbocycles. The van der Waals surface area contributed by atoms with Crippen LogP contribution in [0.4, 0.5) is 0 Å². The number of aliphatic hydroxyl groups is 1. The van der Waals surface area contributed by atoms with Crippen molar-refractivity contribution in [3.63, 3.8) is 0 Å². The monoisotopic (exact) mass is 793 g/mol.